The van der Waals surface area contributed by atoms with Gasteiger partial charge in [0, 0.05) is 22.3 Å². The summed E-state index contributed by atoms with van der Waals surface area (Å²) in [7, 11) is 0. The van der Waals surface area contributed by atoms with Gasteiger partial charge in [-0.05, 0) is 24.3 Å². The van der Waals surface area contributed by atoms with Crippen LogP contribution in [0.4, 0.5) is 0 Å². The van der Waals surface area contributed by atoms with Crippen LogP contribution in [0.2, 0.25) is 0 Å². The predicted octanol–water partition coefficient (Wildman–Crippen LogP) is 4.68. The SMILES string of the molecule is C=CCOc1ccccc1C=C(C=O)C(C=O)=Cc1ccccc1OCC=C. The molecule has 2 rings (SSSR count). The van der Waals surface area contributed by atoms with Gasteiger partial charge < -0.3 is 9.47 Å². The van der Waals surface area contributed by atoms with Crippen LogP contribution in [0.3, 0.4) is 0 Å². The van der Waals surface area contributed by atoms with Gasteiger partial charge in [0.15, 0.2) is 12.6 Å². The summed E-state index contributed by atoms with van der Waals surface area (Å²) in [6.45, 7) is 7.94. The first kappa shape index (κ1) is 20.6. The quantitative estimate of drug-likeness (QED) is 0.248. The Kier molecular flexibility index (Phi) is 8.21. The van der Waals surface area contributed by atoms with E-state index in [-0.39, 0.29) is 11.1 Å². The molecule has 0 heterocycles. The van der Waals surface area contributed by atoms with E-state index < -0.39 is 0 Å². The Morgan fingerprint density at radius 1 is 0.714 bits per heavy atom. The molecule has 0 amide bonds. The highest BCUT2D eigenvalue weighted by Gasteiger charge is 2.09. The largest absolute Gasteiger partial charge is 0.489 e. The first-order chi connectivity index (χ1) is 13.7. The second-order valence-electron chi connectivity index (χ2n) is 5.71. The monoisotopic (exact) mass is 374 g/mol. The summed E-state index contributed by atoms with van der Waals surface area (Å²) < 4.78 is 11.2. The minimum Gasteiger partial charge on any atom is -0.489 e. The van der Waals surface area contributed by atoms with Crippen molar-refractivity contribution in [3.8, 4) is 11.5 Å². The van der Waals surface area contributed by atoms with E-state index in [0.29, 0.717) is 48.4 Å². The highest BCUT2D eigenvalue weighted by molar-refractivity contribution is 6.03. The second-order valence-corrected chi connectivity index (χ2v) is 5.71. The normalized spacial score (nSPS) is 11.4. The summed E-state index contributed by atoms with van der Waals surface area (Å²) in [5.41, 5.74) is 1.86. The molecule has 0 spiro atoms. The van der Waals surface area contributed by atoms with Crippen molar-refractivity contribution in [2.24, 2.45) is 0 Å². The van der Waals surface area contributed by atoms with Gasteiger partial charge in [0.25, 0.3) is 0 Å². The van der Waals surface area contributed by atoms with Crippen molar-refractivity contribution in [1.29, 1.82) is 0 Å². The molecule has 0 bridgehead atoms. The van der Waals surface area contributed by atoms with Crippen LogP contribution in [-0.2, 0) is 9.59 Å². The first-order valence-electron chi connectivity index (χ1n) is 8.73. The Morgan fingerprint density at radius 3 is 1.46 bits per heavy atom. The van der Waals surface area contributed by atoms with E-state index in [0.717, 1.165) is 0 Å². The van der Waals surface area contributed by atoms with E-state index in [1.165, 1.54) is 0 Å². The van der Waals surface area contributed by atoms with Crippen LogP contribution in [0.15, 0.2) is 85.0 Å². The van der Waals surface area contributed by atoms with E-state index in [9.17, 15) is 9.59 Å². The van der Waals surface area contributed by atoms with Gasteiger partial charge >= 0.3 is 0 Å². The van der Waals surface area contributed by atoms with Crippen LogP contribution >= 0.6 is 0 Å². The Hall–Kier alpha value is -3.66. The van der Waals surface area contributed by atoms with Gasteiger partial charge in [-0.25, -0.2) is 0 Å². The average molecular weight is 374 g/mol. The lowest BCUT2D eigenvalue weighted by molar-refractivity contribution is -0.107. The molecule has 142 valence electrons. The van der Waals surface area contributed by atoms with Gasteiger partial charge in [0.2, 0.25) is 0 Å². The maximum atomic E-state index is 11.7. The lowest BCUT2D eigenvalue weighted by atomic mass is 10.0. The van der Waals surface area contributed by atoms with E-state index in [4.69, 9.17) is 9.47 Å². The zero-order chi connectivity index (χ0) is 20.2. The Labute approximate surface area is 165 Å². The molecule has 4 nitrogen and oxygen atoms in total. The van der Waals surface area contributed by atoms with Crippen LogP contribution in [-0.4, -0.2) is 25.8 Å². The molecule has 0 aliphatic carbocycles. The molecule has 0 atom stereocenters. The Balaban J connectivity index is 2.44. The minimum atomic E-state index is 0.239. The van der Waals surface area contributed by atoms with Gasteiger partial charge in [0.05, 0.1) is 0 Å². The van der Waals surface area contributed by atoms with Crippen LogP contribution in [0.5, 0.6) is 11.5 Å². The number of aldehydes is 2. The van der Waals surface area contributed by atoms with Crippen molar-refractivity contribution in [3.05, 3.63) is 96.1 Å². The number of hydrogen-bond donors (Lipinski definition) is 0. The number of carbonyl (C=O) groups excluding carboxylic acids is 2. The molecule has 0 unspecified atom stereocenters. The second kappa shape index (κ2) is 11.1. The molecular weight excluding hydrogens is 352 g/mol. The number of para-hydroxylation sites is 2. The van der Waals surface area contributed by atoms with Gasteiger partial charge in [-0.3, -0.25) is 9.59 Å². The third kappa shape index (κ3) is 5.68. The highest BCUT2D eigenvalue weighted by atomic mass is 16.5. The number of ether oxygens (including phenoxy) is 2. The topological polar surface area (TPSA) is 52.6 Å². The molecule has 28 heavy (non-hydrogen) atoms. The molecule has 0 aromatic heterocycles. The summed E-state index contributed by atoms with van der Waals surface area (Å²) in [4.78, 5) is 23.4. The van der Waals surface area contributed by atoms with Crippen LogP contribution in [0.25, 0.3) is 12.2 Å². The van der Waals surface area contributed by atoms with E-state index >= 15 is 0 Å². The fourth-order valence-corrected chi connectivity index (χ4v) is 2.47. The predicted molar refractivity (Wildman–Crippen MR) is 112 cm³/mol. The number of hydrogen-bond acceptors (Lipinski definition) is 4. The lowest BCUT2D eigenvalue weighted by Gasteiger charge is -2.09. The molecule has 0 N–H and O–H groups in total. The van der Waals surface area contributed by atoms with Crippen LogP contribution < -0.4 is 9.47 Å². The molecule has 2 aromatic rings. The first-order valence-corrected chi connectivity index (χ1v) is 8.73. The van der Waals surface area contributed by atoms with Crippen molar-refractivity contribution >= 4 is 24.7 Å². The van der Waals surface area contributed by atoms with Crippen LogP contribution in [0.1, 0.15) is 11.1 Å². The summed E-state index contributed by atoms with van der Waals surface area (Å²) in [6, 6.07) is 14.5. The number of rotatable bonds is 11. The van der Waals surface area contributed by atoms with E-state index in [2.05, 4.69) is 13.2 Å². The van der Waals surface area contributed by atoms with Crippen molar-refractivity contribution in [3.63, 3.8) is 0 Å². The van der Waals surface area contributed by atoms with Gasteiger partial charge in [0.1, 0.15) is 24.7 Å². The van der Waals surface area contributed by atoms with E-state index in [1.54, 1.807) is 36.4 Å². The summed E-state index contributed by atoms with van der Waals surface area (Å²) >= 11 is 0. The summed E-state index contributed by atoms with van der Waals surface area (Å²) in [6.07, 6.45) is 7.82. The standard InChI is InChI=1S/C24H22O4/c1-3-13-27-23-11-7-5-9-19(23)15-21(17-25)22(18-26)16-20-10-6-8-12-24(20)28-14-4-2/h3-12,15-18H,1-2,13-14H2. The third-order valence-corrected chi connectivity index (χ3v) is 3.76. The van der Waals surface area contributed by atoms with Gasteiger partial charge in [-0.1, -0.05) is 61.7 Å². The number of carbonyl (C=O) groups is 2. The fraction of sp³-hybridized carbons (Fsp3) is 0.0833. The maximum absolute atomic E-state index is 11.7. The Bertz CT molecular complexity index is 831. The number of benzene rings is 2. The van der Waals surface area contributed by atoms with Crippen molar-refractivity contribution in [1.82, 2.24) is 0 Å². The van der Waals surface area contributed by atoms with Crippen LogP contribution in [0, 0.1) is 0 Å². The van der Waals surface area contributed by atoms with Crippen molar-refractivity contribution in [2.45, 2.75) is 0 Å². The maximum Gasteiger partial charge on any atom is 0.150 e. The zero-order valence-electron chi connectivity index (χ0n) is 15.5. The third-order valence-electron chi connectivity index (χ3n) is 3.76. The molecule has 0 saturated carbocycles. The molecule has 2 aromatic carbocycles. The van der Waals surface area contributed by atoms with Crippen molar-refractivity contribution in [2.75, 3.05) is 13.2 Å². The number of allylic oxidation sites excluding steroid dienone is 2. The zero-order valence-corrected chi connectivity index (χ0v) is 15.5. The minimum absolute atomic E-state index is 0.239. The average Bonchev–Trinajstić information content (AvgIpc) is 2.74. The van der Waals surface area contributed by atoms with Gasteiger partial charge in [-0.15, -0.1) is 0 Å². The molecule has 0 fully saturated rings. The van der Waals surface area contributed by atoms with Crippen molar-refractivity contribution < 1.29 is 19.1 Å². The molecule has 0 aliphatic rings. The van der Waals surface area contributed by atoms with Gasteiger partial charge in [-0.2, -0.15) is 0 Å². The smallest absolute Gasteiger partial charge is 0.150 e. The fourth-order valence-electron chi connectivity index (χ4n) is 2.47. The molecule has 4 heteroatoms. The highest BCUT2D eigenvalue weighted by Crippen LogP contribution is 2.25. The summed E-state index contributed by atoms with van der Waals surface area (Å²) in [5, 5.41) is 0. The molecule has 0 aliphatic heterocycles. The lowest BCUT2D eigenvalue weighted by Crippen LogP contribution is -1.98. The molecule has 0 radical (unpaired) electrons. The van der Waals surface area contributed by atoms with E-state index in [1.807, 2.05) is 36.4 Å². The Morgan fingerprint density at radius 2 is 1.11 bits per heavy atom. The molecular formula is C24H22O4. The summed E-state index contributed by atoms with van der Waals surface area (Å²) in [5.74, 6) is 1.20. The molecule has 0 saturated heterocycles.